The van der Waals surface area contributed by atoms with Crippen LogP contribution in [0.15, 0.2) is 18.2 Å². The van der Waals surface area contributed by atoms with Crippen molar-refractivity contribution in [1.82, 2.24) is 0 Å². The first-order valence-corrected chi connectivity index (χ1v) is 7.59. The number of anilines is 1. The maximum Gasteiger partial charge on any atom is 0.344 e. The number of benzene rings is 1. The van der Waals surface area contributed by atoms with Gasteiger partial charge in [-0.1, -0.05) is 6.07 Å². The summed E-state index contributed by atoms with van der Waals surface area (Å²) in [4.78, 5) is 12.0. The lowest BCUT2D eigenvalue weighted by molar-refractivity contribution is 0.0354. The van der Waals surface area contributed by atoms with Crippen molar-refractivity contribution in [3.8, 4) is 5.75 Å². The predicted octanol–water partition coefficient (Wildman–Crippen LogP) is 0.621. The molecule has 2 rings (SSSR count). The average Bonchev–Trinajstić information content (AvgIpc) is 2.67. The van der Waals surface area contributed by atoms with E-state index >= 15 is 0 Å². The molecule has 0 aromatic heterocycles. The summed E-state index contributed by atoms with van der Waals surface area (Å²) in [5, 5.41) is 0. The van der Waals surface area contributed by atoms with Gasteiger partial charge in [-0.15, -0.1) is 0 Å². The van der Waals surface area contributed by atoms with Gasteiger partial charge in [0.15, 0.2) is 9.84 Å². The van der Waals surface area contributed by atoms with Gasteiger partial charge in [0, 0.05) is 5.69 Å². The summed E-state index contributed by atoms with van der Waals surface area (Å²) in [5.41, 5.74) is 6.10. The van der Waals surface area contributed by atoms with Crippen molar-refractivity contribution in [2.24, 2.45) is 0 Å². The van der Waals surface area contributed by atoms with Crippen LogP contribution in [0.4, 0.5) is 5.69 Å². The van der Waals surface area contributed by atoms with Gasteiger partial charge >= 0.3 is 5.97 Å². The van der Waals surface area contributed by atoms with Gasteiger partial charge in [0.1, 0.15) is 17.4 Å². The molecule has 1 aliphatic heterocycles. The molecule has 0 amide bonds. The van der Waals surface area contributed by atoms with Gasteiger partial charge in [-0.05, 0) is 18.6 Å². The minimum atomic E-state index is -3.09. The Balaban J connectivity index is 2.17. The number of esters is 1. The fourth-order valence-electron chi connectivity index (χ4n) is 2.00. The summed E-state index contributed by atoms with van der Waals surface area (Å²) in [7, 11) is -1.67. The van der Waals surface area contributed by atoms with Crippen LogP contribution in [0.1, 0.15) is 16.8 Å². The van der Waals surface area contributed by atoms with E-state index in [9.17, 15) is 13.2 Å². The zero-order chi connectivity index (χ0) is 14.0. The van der Waals surface area contributed by atoms with E-state index in [-0.39, 0.29) is 22.8 Å². The lowest BCUT2D eigenvalue weighted by Gasteiger charge is -2.13. The van der Waals surface area contributed by atoms with Crippen LogP contribution in [0.25, 0.3) is 0 Å². The van der Waals surface area contributed by atoms with E-state index in [0.717, 1.165) is 0 Å². The third-order valence-electron chi connectivity index (χ3n) is 2.95. The zero-order valence-electron chi connectivity index (χ0n) is 10.5. The molecular formula is C12H15NO5S. The fraction of sp³-hybridized carbons (Fsp3) is 0.417. The molecule has 1 aliphatic rings. The summed E-state index contributed by atoms with van der Waals surface area (Å²) in [6.07, 6.45) is -0.287. The number of nitrogens with two attached hydrogens (primary N) is 1. The molecule has 1 heterocycles. The third-order valence-corrected chi connectivity index (χ3v) is 4.68. The van der Waals surface area contributed by atoms with E-state index < -0.39 is 21.9 Å². The molecule has 0 spiro atoms. The van der Waals surface area contributed by atoms with E-state index in [2.05, 4.69) is 0 Å². The zero-order valence-corrected chi connectivity index (χ0v) is 11.3. The van der Waals surface area contributed by atoms with Crippen molar-refractivity contribution in [3.63, 3.8) is 0 Å². The number of carbonyl (C=O) groups excluding carboxylic acids is 1. The number of nitrogen functional groups attached to an aromatic ring is 1. The molecule has 19 heavy (non-hydrogen) atoms. The average molecular weight is 285 g/mol. The summed E-state index contributed by atoms with van der Waals surface area (Å²) in [5.74, 6) is -0.428. The van der Waals surface area contributed by atoms with Crippen molar-refractivity contribution in [2.45, 2.75) is 12.5 Å². The number of rotatable bonds is 3. The lowest BCUT2D eigenvalue weighted by Crippen LogP contribution is -2.20. The van der Waals surface area contributed by atoms with Crippen LogP contribution in [-0.2, 0) is 14.6 Å². The Labute approximate surface area is 111 Å². The first kappa shape index (κ1) is 13.7. The Morgan fingerprint density at radius 2 is 2.16 bits per heavy atom. The van der Waals surface area contributed by atoms with Crippen LogP contribution in [-0.4, -0.2) is 39.1 Å². The molecule has 1 fully saturated rings. The Bertz CT molecular complexity index is 596. The molecule has 104 valence electrons. The first-order chi connectivity index (χ1) is 8.93. The van der Waals surface area contributed by atoms with Gasteiger partial charge in [0.05, 0.1) is 18.6 Å². The van der Waals surface area contributed by atoms with Crippen molar-refractivity contribution in [2.75, 3.05) is 24.3 Å². The molecule has 2 N–H and O–H groups in total. The Hall–Kier alpha value is -1.76. The van der Waals surface area contributed by atoms with E-state index in [1.165, 1.54) is 7.11 Å². The third kappa shape index (κ3) is 2.98. The van der Waals surface area contributed by atoms with Crippen molar-refractivity contribution >= 4 is 21.5 Å². The largest absolute Gasteiger partial charge is 0.496 e. The summed E-state index contributed by atoms with van der Waals surface area (Å²) in [6.45, 7) is 0. The molecule has 0 aliphatic carbocycles. The van der Waals surface area contributed by atoms with Crippen LogP contribution in [0.5, 0.6) is 5.75 Å². The second kappa shape index (κ2) is 5.08. The predicted molar refractivity (Wildman–Crippen MR) is 69.9 cm³/mol. The first-order valence-electron chi connectivity index (χ1n) is 5.77. The molecule has 1 aromatic rings. The van der Waals surface area contributed by atoms with E-state index in [1.807, 2.05) is 0 Å². The Kier molecular flexibility index (Phi) is 3.66. The van der Waals surface area contributed by atoms with Gasteiger partial charge in [0.2, 0.25) is 0 Å². The number of hydrogen-bond acceptors (Lipinski definition) is 6. The van der Waals surface area contributed by atoms with Gasteiger partial charge in [-0.25, -0.2) is 13.2 Å². The van der Waals surface area contributed by atoms with Gasteiger partial charge in [-0.3, -0.25) is 0 Å². The fourth-order valence-corrected chi connectivity index (χ4v) is 3.59. The van der Waals surface area contributed by atoms with E-state index in [1.54, 1.807) is 18.2 Å². The number of carbonyl (C=O) groups is 1. The topological polar surface area (TPSA) is 95.7 Å². The number of methoxy groups -OCH3 is 1. The molecule has 1 aromatic carbocycles. The highest BCUT2D eigenvalue weighted by atomic mass is 32.2. The SMILES string of the molecule is COc1cccc(N)c1C(=O)OC1CCS(=O)(=O)C1. The molecule has 7 heteroatoms. The molecule has 6 nitrogen and oxygen atoms in total. The molecule has 1 unspecified atom stereocenters. The molecule has 0 bridgehead atoms. The number of sulfone groups is 1. The van der Waals surface area contributed by atoms with Crippen LogP contribution < -0.4 is 10.5 Å². The summed E-state index contributed by atoms with van der Waals surface area (Å²) >= 11 is 0. The molecule has 1 saturated heterocycles. The van der Waals surface area contributed by atoms with Gasteiger partial charge < -0.3 is 15.2 Å². The highest BCUT2D eigenvalue weighted by molar-refractivity contribution is 7.91. The van der Waals surface area contributed by atoms with Crippen molar-refractivity contribution in [3.05, 3.63) is 23.8 Å². The molecule has 0 saturated carbocycles. The standard InChI is InChI=1S/C12H15NO5S/c1-17-10-4-2-3-9(13)11(10)12(14)18-8-5-6-19(15,16)7-8/h2-4,8H,5-7,13H2,1H3. The van der Waals surface area contributed by atoms with Gasteiger partial charge in [0.25, 0.3) is 0 Å². The van der Waals surface area contributed by atoms with Crippen LogP contribution in [0, 0.1) is 0 Å². The van der Waals surface area contributed by atoms with Crippen molar-refractivity contribution < 1.29 is 22.7 Å². The minimum Gasteiger partial charge on any atom is -0.496 e. The highest BCUT2D eigenvalue weighted by Crippen LogP contribution is 2.26. The second-order valence-corrected chi connectivity index (χ2v) is 6.58. The quantitative estimate of drug-likeness (QED) is 0.646. The molecule has 0 radical (unpaired) electrons. The molecule has 1 atom stereocenters. The van der Waals surface area contributed by atoms with E-state index in [4.69, 9.17) is 15.2 Å². The van der Waals surface area contributed by atoms with Crippen LogP contribution >= 0.6 is 0 Å². The number of hydrogen-bond donors (Lipinski definition) is 1. The van der Waals surface area contributed by atoms with E-state index in [0.29, 0.717) is 12.2 Å². The maximum absolute atomic E-state index is 12.0. The highest BCUT2D eigenvalue weighted by Gasteiger charge is 2.32. The lowest BCUT2D eigenvalue weighted by atomic mass is 10.1. The minimum absolute atomic E-state index is 0.0480. The van der Waals surface area contributed by atoms with Crippen LogP contribution in [0.3, 0.4) is 0 Å². The Morgan fingerprint density at radius 1 is 1.42 bits per heavy atom. The smallest absolute Gasteiger partial charge is 0.344 e. The summed E-state index contributed by atoms with van der Waals surface area (Å²) in [6, 6.07) is 4.81. The van der Waals surface area contributed by atoms with Gasteiger partial charge in [-0.2, -0.15) is 0 Å². The summed E-state index contributed by atoms with van der Waals surface area (Å²) < 4.78 is 32.8. The number of ether oxygens (including phenoxy) is 2. The normalized spacial score (nSPS) is 21.0. The molecular weight excluding hydrogens is 270 g/mol. The Morgan fingerprint density at radius 3 is 2.74 bits per heavy atom. The monoisotopic (exact) mass is 285 g/mol. The maximum atomic E-state index is 12.0. The second-order valence-electron chi connectivity index (χ2n) is 4.35. The van der Waals surface area contributed by atoms with Crippen molar-refractivity contribution in [1.29, 1.82) is 0 Å². The van der Waals surface area contributed by atoms with Crippen LogP contribution in [0.2, 0.25) is 0 Å².